The summed E-state index contributed by atoms with van der Waals surface area (Å²) in [5.41, 5.74) is -0.292. The fourth-order valence-electron chi connectivity index (χ4n) is 1.61. The van der Waals surface area contributed by atoms with Crippen molar-refractivity contribution in [3.8, 4) is 0 Å². The van der Waals surface area contributed by atoms with E-state index in [1.807, 2.05) is 0 Å². The quantitative estimate of drug-likeness (QED) is 0.825. The largest absolute Gasteiger partial charge is 0.351 e. The van der Waals surface area contributed by atoms with Crippen LogP contribution in [0.2, 0.25) is 0 Å². The molecule has 4 nitrogen and oxygen atoms in total. The third kappa shape index (κ3) is 2.18. The molecule has 0 spiro atoms. The Balaban J connectivity index is 2.60. The molecule has 0 fully saturated rings. The Morgan fingerprint density at radius 3 is 2.88 bits per heavy atom. The van der Waals surface area contributed by atoms with Crippen LogP contribution in [-0.4, -0.2) is 17.4 Å². The molecule has 0 bridgehead atoms. The maximum Gasteiger partial charge on any atom is 0.267 e. The van der Waals surface area contributed by atoms with Crippen molar-refractivity contribution in [3.05, 3.63) is 46.1 Å². The van der Waals surface area contributed by atoms with E-state index in [9.17, 15) is 14.0 Å². The number of carbonyl (C=O) groups excluding carboxylic acids is 1. The molecule has 17 heavy (non-hydrogen) atoms. The first-order valence-electron chi connectivity index (χ1n) is 5.22. The highest BCUT2D eigenvalue weighted by Gasteiger charge is 2.08. The highest BCUT2D eigenvalue weighted by atomic mass is 19.1. The van der Waals surface area contributed by atoms with Gasteiger partial charge in [-0.1, -0.05) is 6.07 Å². The molecule has 1 heterocycles. The van der Waals surface area contributed by atoms with E-state index < -0.39 is 11.4 Å². The van der Waals surface area contributed by atoms with Crippen LogP contribution in [0.1, 0.15) is 17.4 Å². The number of carbonyl (C=O) groups is 1. The Kier molecular flexibility index (Phi) is 2.91. The van der Waals surface area contributed by atoms with Crippen LogP contribution in [0.3, 0.4) is 0 Å². The fraction of sp³-hybridized carbons (Fsp3) is 0.167. The van der Waals surface area contributed by atoms with E-state index >= 15 is 0 Å². The van der Waals surface area contributed by atoms with Gasteiger partial charge in [-0.2, -0.15) is 0 Å². The highest BCUT2D eigenvalue weighted by molar-refractivity contribution is 5.96. The summed E-state index contributed by atoms with van der Waals surface area (Å²) in [5, 5.41) is 3.35. The van der Waals surface area contributed by atoms with Gasteiger partial charge >= 0.3 is 0 Å². The molecule has 0 aliphatic heterocycles. The standard InChI is InChI=1S/C12H11FN2O2/c1-2-14-12(17)10-5-7-3-4-8(13)6-9(7)11(16)15-10/h3-6H,2H2,1H3,(H,14,17)(H,15,16). The normalized spacial score (nSPS) is 10.5. The molecule has 0 saturated heterocycles. The van der Waals surface area contributed by atoms with Crippen molar-refractivity contribution in [2.75, 3.05) is 6.54 Å². The van der Waals surface area contributed by atoms with Gasteiger partial charge in [-0.15, -0.1) is 0 Å². The maximum absolute atomic E-state index is 13.0. The summed E-state index contributed by atoms with van der Waals surface area (Å²) in [6.45, 7) is 2.26. The van der Waals surface area contributed by atoms with Crippen LogP contribution >= 0.6 is 0 Å². The van der Waals surface area contributed by atoms with Crippen LogP contribution in [0.4, 0.5) is 4.39 Å². The number of amides is 1. The first-order valence-corrected chi connectivity index (χ1v) is 5.22. The minimum atomic E-state index is -0.478. The van der Waals surface area contributed by atoms with Gasteiger partial charge in [-0.05, 0) is 30.5 Å². The molecular weight excluding hydrogens is 223 g/mol. The zero-order valence-electron chi connectivity index (χ0n) is 9.21. The summed E-state index contributed by atoms with van der Waals surface area (Å²) in [7, 11) is 0. The second-order valence-electron chi connectivity index (χ2n) is 3.60. The Morgan fingerprint density at radius 1 is 1.41 bits per heavy atom. The molecule has 0 atom stereocenters. The molecule has 5 heteroatoms. The van der Waals surface area contributed by atoms with E-state index in [4.69, 9.17) is 0 Å². The lowest BCUT2D eigenvalue weighted by Gasteiger charge is -2.03. The molecule has 1 aromatic heterocycles. The first-order chi connectivity index (χ1) is 8.11. The van der Waals surface area contributed by atoms with E-state index in [1.54, 1.807) is 6.92 Å². The molecule has 2 aromatic rings. The summed E-state index contributed by atoms with van der Waals surface area (Å²) in [6.07, 6.45) is 0. The average molecular weight is 234 g/mol. The van der Waals surface area contributed by atoms with E-state index in [0.29, 0.717) is 11.9 Å². The zero-order valence-corrected chi connectivity index (χ0v) is 9.21. The smallest absolute Gasteiger partial charge is 0.267 e. The van der Waals surface area contributed by atoms with Crippen LogP contribution in [-0.2, 0) is 0 Å². The second-order valence-corrected chi connectivity index (χ2v) is 3.60. The summed E-state index contributed by atoms with van der Waals surface area (Å²) in [6, 6.07) is 5.41. The Morgan fingerprint density at radius 2 is 2.18 bits per heavy atom. The predicted octanol–water partition coefficient (Wildman–Crippen LogP) is 1.42. The lowest BCUT2D eigenvalue weighted by Crippen LogP contribution is -2.26. The van der Waals surface area contributed by atoms with Crippen molar-refractivity contribution in [2.24, 2.45) is 0 Å². The summed E-state index contributed by atoms with van der Waals surface area (Å²) >= 11 is 0. The van der Waals surface area contributed by atoms with Crippen LogP contribution < -0.4 is 10.9 Å². The third-order valence-electron chi connectivity index (χ3n) is 2.39. The van der Waals surface area contributed by atoms with Gasteiger partial charge in [0.2, 0.25) is 0 Å². The average Bonchev–Trinajstić information content (AvgIpc) is 2.30. The van der Waals surface area contributed by atoms with Gasteiger partial charge < -0.3 is 10.3 Å². The van der Waals surface area contributed by atoms with E-state index in [1.165, 1.54) is 18.2 Å². The third-order valence-corrected chi connectivity index (χ3v) is 2.39. The van der Waals surface area contributed by atoms with Gasteiger partial charge in [-0.25, -0.2) is 4.39 Å². The van der Waals surface area contributed by atoms with Gasteiger partial charge in [0.25, 0.3) is 11.5 Å². The molecule has 2 rings (SSSR count). The number of pyridine rings is 1. The number of hydrogen-bond donors (Lipinski definition) is 2. The fourth-order valence-corrected chi connectivity index (χ4v) is 1.61. The molecule has 88 valence electrons. The van der Waals surface area contributed by atoms with Crippen molar-refractivity contribution in [2.45, 2.75) is 6.92 Å². The topological polar surface area (TPSA) is 62.0 Å². The molecule has 0 radical (unpaired) electrons. The molecular formula is C12H11FN2O2. The van der Waals surface area contributed by atoms with Crippen LogP contribution in [0, 0.1) is 5.82 Å². The Bertz CT molecular complexity index is 634. The van der Waals surface area contributed by atoms with Crippen LogP contribution in [0.15, 0.2) is 29.1 Å². The lowest BCUT2D eigenvalue weighted by atomic mass is 10.1. The summed E-state index contributed by atoms with van der Waals surface area (Å²) in [5.74, 6) is -0.829. The minimum absolute atomic E-state index is 0.177. The van der Waals surface area contributed by atoms with Crippen molar-refractivity contribution < 1.29 is 9.18 Å². The molecule has 2 N–H and O–H groups in total. The number of fused-ring (bicyclic) bond motifs is 1. The van der Waals surface area contributed by atoms with E-state index in [0.717, 1.165) is 6.07 Å². The minimum Gasteiger partial charge on any atom is -0.351 e. The number of halogens is 1. The zero-order chi connectivity index (χ0) is 12.4. The molecule has 0 unspecified atom stereocenters. The van der Waals surface area contributed by atoms with E-state index in [2.05, 4.69) is 10.3 Å². The predicted molar refractivity (Wildman–Crippen MR) is 62.5 cm³/mol. The molecule has 0 aliphatic rings. The number of aromatic nitrogens is 1. The molecule has 1 amide bonds. The number of aromatic amines is 1. The maximum atomic E-state index is 13.0. The van der Waals surface area contributed by atoms with Gasteiger partial charge in [0, 0.05) is 11.9 Å². The van der Waals surface area contributed by atoms with Gasteiger partial charge in [0.1, 0.15) is 11.5 Å². The van der Waals surface area contributed by atoms with Gasteiger partial charge in [0.15, 0.2) is 0 Å². The van der Waals surface area contributed by atoms with Crippen LogP contribution in [0.25, 0.3) is 10.8 Å². The van der Waals surface area contributed by atoms with Crippen molar-refractivity contribution >= 4 is 16.7 Å². The van der Waals surface area contributed by atoms with Crippen molar-refractivity contribution in [1.82, 2.24) is 10.3 Å². The second kappa shape index (κ2) is 4.37. The lowest BCUT2D eigenvalue weighted by molar-refractivity contribution is 0.0951. The number of hydrogen-bond acceptors (Lipinski definition) is 2. The Labute approximate surface area is 96.5 Å². The first kappa shape index (κ1) is 11.3. The van der Waals surface area contributed by atoms with Gasteiger partial charge in [-0.3, -0.25) is 9.59 Å². The summed E-state index contributed by atoms with van der Waals surface area (Å²) in [4.78, 5) is 25.6. The van der Waals surface area contributed by atoms with Crippen molar-refractivity contribution in [1.29, 1.82) is 0 Å². The highest BCUT2D eigenvalue weighted by Crippen LogP contribution is 2.12. The number of benzene rings is 1. The number of nitrogens with one attached hydrogen (secondary N) is 2. The van der Waals surface area contributed by atoms with Crippen LogP contribution in [0.5, 0.6) is 0 Å². The molecule has 1 aromatic carbocycles. The number of H-pyrrole nitrogens is 1. The van der Waals surface area contributed by atoms with E-state index in [-0.39, 0.29) is 17.0 Å². The summed E-state index contributed by atoms with van der Waals surface area (Å²) < 4.78 is 13.0. The molecule has 0 saturated carbocycles. The Hall–Kier alpha value is -2.17. The monoisotopic (exact) mass is 234 g/mol. The van der Waals surface area contributed by atoms with Crippen molar-refractivity contribution in [3.63, 3.8) is 0 Å². The number of rotatable bonds is 2. The molecule has 0 aliphatic carbocycles. The van der Waals surface area contributed by atoms with Gasteiger partial charge in [0.05, 0.1) is 0 Å². The SMILES string of the molecule is CCNC(=O)c1cc2ccc(F)cc2c(=O)[nH]1.